The summed E-state index contributed by atoms with van der Waals surface area (Å²) in [5.41, 5.74) is 1.11. The van der Waals surface area contributed by atoms with E-state index in [0.717, 1.165) is 5.56 Å². The Morgan fingerprint density at radius 2 is 1.85 bits per heavy atom. The van der Waals surface area contributed by atoms with Crippen LogP contribution in [-0.2, 0) is 0 Å². The Morgan fingerprint density at radius 1 is 1.08 bits per heavy atom. The number of phenolic OH excluding ortho intramolecular Hbond substituents is 1. The molecule has 6 heteroatoms. The van der Waals surface area contributed by atoms with E-state index >= 15 is 0 Å². The Bertz CT molecular complexity index is 983. The van der Waals surface area contributed by atoms with Crippen LogP contribution in [0.4, 0.5) is 0 Å². The van der Waals surface area contributed by atoms with Crippen molar-refractivity contribution in [3.05, 3.63) is 53.8 Å². The molecule has 0 amide bonds. The van der Waals surface area contributed by atoms with Crippen LogP contribution >= 0.6 is 0 Å². The van der Waals surface area contributed by atoms with E-state index in [4.69, 9.17) is 18.6 Å². The third-order valence-corrected chi connectivity index (χ3v) is 3.97. The number of carbonyl (C=O) groups is 1. The predicted molar refractivity (Wildman–Crippen MR) is 97.3 cm³/mol. The molecule has 3 rings (SSSR count). The summed E-state index contributed by atoms with van der Waals surface area (Å²) in [5.74, 6) is 0.244. The Balaban J connectivity index is 2.07. The average Bonchev–Trinajstić information content (AvgIpc) is 3.14. The fourth-order valence-electron chi connectivity index (χ4n) is 2.76. The van der Waals surface area contributed by atoms with Crippen molar-refractivity contribution in [1.29, 1.82) is 0 Å². The van der Waals surface area contributed by atoms with Gasteiger partial charge in [-0.3, -0.25) is 4.79 Å². The van der Waals surface area contributed by atoms with Gasteiger partial charge in [0.15, 0.2) is 17.1 Å². The number of benzene rings is 2. The van der Waals surface area contributed by atoms with Crippen LogP contribution < -0.4 is 14.2 Å². The Hall–Kier alpha value is -3.41. The fraction of sp³-hybridized carbons (Fsp3) is 0.150. The maximum atomic E-state index is 12.8. The van der Waals surface area contributed by atoms with Crippen molar-refractivity contribution in [2.75, 3.05) is 21.3 Å². The molecule has 0 radical (unpaired) electrons. The van der Waals surface area contributed by atoms with E-state index in [-0.39, 0.29) is 22.8 Å². The van der Waals surface area contributed by atoms with Gasteiger partial charge in [0, 0.05) is 0 Å². The zero-order valence-corrected chi connectivity index (χ0v) is 14.6. The van der Waals surface area contributed by atoms with E-state index in [1.165, 1.54) is 26.6 Å². The van der Waals surface area contributed by atoms with E-state index in [1.54, 1.807) is 25.3 Å². The Labute approximate surface area is 150 Å². The molecule has 0 aliphatic heterocycles. The van der Waals surface area contributed by atoms with E-state index < -0.39 is 5.78 Å². The van der Waals surface area contributed by atoms with Gasteiger partial charge in [0.05, 0.1) is 33.0 Å². The van der Waals surface area contributed by atoms with Gasteiger partial charge in [0.2, 0.25) is 5.75 Å². The summed E-state index contributed by atoms with van der Waals surface area (Å²) in [7, 11) is 4.39. The van der Waals surface area contributed by atoms with E-state index in [9.17, 15) is 9.90 Å². The number of ketones is 1. The largest absolute Gasteiger partial charge is 0.504 e. The number of phenols is 1. The number of ether oxygens (including phenoxy) is 3. The molecule has 0 unspecified atom stereocenters. The highest BCUT2D eigenvalue weighted by Crippen LogP contribution is 2.45. The van der Waals surface area contributed by atoms with Gasteiger partial charge in [-0.25, -0.2) is 0 Å². The van der Waals surface area contributed by atoms with Gasteiger partial charge in [-0.1, -0.05) is 18.2 Å². The predicted octanol–water partition coefficient (Wildman–Crippen LogP) is 4.06. The second-order valence-corrected chi connectivity index (χ2v) is 5.43. The lowest BCUT2D eigenvalue weighted by atomic mass is 10.0. The van der Waals surface area contributed by atoms with Crippen LogP contribution in [0, 0.1) is 0 Å². The van der Waals surface area contributed by atoms with Crippen LogP contribution in [0.15, 0.2) is 47.1 Å². The summed E-state index contributed by atoms with van der Waals surface area (Å²) in [4.78, 5) is 12.8. The molecule has 0 fully saturated rings. The van der Waals surface area contributed by atoms with Crippen LogP contribution in [0.1, 0.15) is 15.9 Å². The highest BCUT2D eigenvalue weighted by molar-refractivity contribution is 6.15. The van der Waals surface area contributed by atoms with Crippen LogP contribution in [0.2, 0.25) is 0 Å². The molecule has 0 bridgehead atoms. The maximum absolute atomic E-state index is 12.8. The van der Waals surface area contributed by atoms with Crippen molar-refractivity contribution >= 4 is 22.8 Å². The van der Waals surface area contributed by atoms with Crippen molar-refractivity contribution in [2.24, 2.45) is 0 Å². The number of furan rings is 1. The molecular formula is C20H18O6. The molecule has 0 aliphatic rings. The van der Waals surface area contributed by atoms with Gasteiger partial charge < -0.3 is 23.7 Å². The Morgan fingerprint density at radius 3 is 2.54 bits per heavy atom. The summed E-state index contributed by atoms with van der Waals surface area (Å²) in [5, 5.41) is 11.1. The number of carbonyl (C=O) groups excluding carboxylic acids is 1. The number of methoxy groups -OCH3 is 3. The molecule has 0 saturated carbocycles. The number of rotatable bonds is 6. The van der Waals surface area contributed by atoms with Crippen LogP contribution in [0.3, 0.4) is 0 Å². The van der Waals surface area contributed by atoms with Crippen molar-refractivity contribution in [1.82, 2.24) is 0 Å². The van der Waals surface area contributed by atoms with Gasteiger partial charge in [-0.15, -0.1) is 0 Å². The molecule has 1 aromatic heterocycles. The molecule has 1 heterocycles. The van der Waals surface area contributed by atoms with E-state index in [2.05, 4.69) is 0 Å². The number of hydrogen-bond acceptors (Lipinski definition) is 6. The molecule has 0 spiro atoms. The number of hydrogen-bond donors (Lipinski definition) is 1. The highest BCUT2D eigenvalue weighted by Gasteiger charge is 2.26. The second-order valence-electron chi connectivity index (χ2n) is 5.43. The standard InChI is InChI=1S/C20H18O6/c1-23-13-6-4-5-12(11-13)7-8-15(21)16-17(22)20(25-3)19-14(9-10-26-19)18(16)24-2/h4-11,22H,1-3H3. The molecule has 0 saturated heterocycles. The van der Waals surface area contributed by atoms with Crippen molar-refractivity contribution in [3.8, 4) is 23.0 Å². The maximum Gasteiger partial charge on any atom is 0.205 e. The number of aromatic hydroxyl groups is 1. The van der Waals surface area contributed by atoms with Crippen LogP contribution in [0.5, 0.6) is 23.0 Å². The first kappa shape index (κ1) is 17.4. The molecule has 26 heavy (non-hydrogen) atoms. The van der Waals surface area contributed by atoms with Gasteiger partial charge in [0.25, 0.3) is 0 Å². The SMILES string of the molecule is COc1cccc(C=CC(=O)c2c(O)c(OC)c3occc3c2OC)c1. The average molecular weight is 354 g/mol. The molecule has 0 aliphatic carbocycles. The zero-order chi connectivity index (χ0) is 18.7. The molecule has 2 aromatic carbocycles. The van der Waals surface area contributed by atoms with Gasteiger partial charge in [-0.05, 0) is 29.8 Å². The molecule has 0 atom stereocenters. The van der Waals surface area contributed by atoms with Gasteiger partial charge in [-0.2, -0.15) is 0 Å². The summed E-state index contributed by atoms with van der Waals surface area (Å²) < 4.78 is 21.1. The van der Waals surface area contributed by atoms with Gasteiger partial charge >= 0.3 is 0 Å². The smallest absolute Gasteiger partial charge is 0.205 e. The van der Waals surface area contributed by atoms with E-state index in [0.29, 0.717) is 16.7 Å². The second kappa shape index (κ2) is 7.23. The summed E-state index contributed by atoms with van der Waals surface area (Å²) in [6, 6.07) is 8.91. The normalized spacial score (nSPS) is 11.0. The minimum atomic E-state index is -0.427. The lowest BCUT2D eigenvalue weighted by molar-refractivity contribution is 0.104. The number of fused-ring (bicyclic) bond motifs is 1. The molecule has 134 valence electrons. The first-order valence-corrected chi connectivity index (χ1v) is 7.81. The lowest BCUT2D eigenvalue weighted by Crippen LogP contribution is -2.02. The fourth-order valence-corrected chi connectivity index (χ4v) is 2.76. The van der Waals surface area contributed by atoms with Crippen molar-refractivity contribution in [3.63, 3.8) is 0 Å². The van der Waals surface area contributed by atoms with E-state index in [1.807, 2.05) is 18.2 Å². The highest BCUT2D eigenvalue weighted by atomic mass is 16.5. The Kier molecular flexibility index (Phi) is 4.84. The zero-order valence-electron chi connectivity index (χ0n) is 14.6. The topological polar surface area (TPSA) is 78.1 Å². The van der Waals surface area contributed by atoms with Crippen LogP contribution in [-0.4, -0.2) is 32.2 Å². The summed E-state index contributed by atoms with van der Waals surface area (Å²) in [6.07, 6.45) is 4.43. The van der Waals surface area contributed by atoms with Crippen molar-refractivity contribution < 1.29 is 28.5 Å². The third kappa shape index (κ3) is 2.97. The molecule has 1 N–H and O–H groups in total. The molecule has 6 nitrogen and oxygen atoms in total. The molecule has 3 aromatic rings. The number of allylic oxidation sites excluding steroid dienone is 1. The summed E-state index contributed by atoms with van der Waals surface area (Å²) >= 11 is 0. The quantitative estimate of drug-likeness (QED) is 0.531. The minimum Gasteiger partial charge on any atom is -0.504 e. The first-order valence-electron chi connectivity index (χ1n) is 7.81. The molecular weight excluding hydrogens is 336 g/mol. The monoisotopic (exact) mass is 354 g/mol. The third-order valence-electron chi connectivity index (χ3n) is 3.97. The van der Waals surface area contributed by atoms with Crippen molar-refractivity contribution in [2.45, 2.75) is 0 Å². The van der Waals surface area contributed by atoms with Gasteiger partial charge in [0.1, 0.15) is 17.1 Å². The van der Waals surface area contributed by atoms with Crippen LogP contribution in [0.25, 0.3) is 17.0 Å². The minimum absolute atomic E-state index is 0.0115. The summed E-state index contributed by atoms with van der Waals surface area (Å²) in [6.45, 7) is 0. The lowest BCUT2D eigenvalue weighted by Gasteiger charge is -2.13. The first-order chi connectivity index (χ1) is 12.6.